The van der Waals surface area contributed by atoms with Crippen LogP contribution in [-0.2, 0) is 0 Å². The molecule has 0 radical (unpaired) electrons. The first-order valence-electron chi connectivity index (χ1n) is 21.1. The number of nitrogens with zero attached hydrogens (tertiary/aromatic N) is 3. The van der Waals surface area contributed by atoms with Gasteiger partial charge >= 0.3 is 0 Å². The van der Waals surface area contributed by atoms with Crippen LogP contribution in [0.5, 0.6) is 0 Å². The van der Waals surface area contributed by atoms with Crippen molar-refractivity contribution in [3.05, 3.63) is 224 Å². The van der Waals surface area contributed by atoms with E-state index in [0.29, 0.717) is 5.82 Å². The summed E-state index contributed by atoms with van der Waals surface area (Å²) in [5.41, 5.74) is 12.6. The molecule has 3 nitrogen and oxygen atoms in total. The summed E-state index contributed by atoms with van der Waals surface area (Å²) in [6.07, 6.45) is 0. The molecule has 0 spiro atoms. The molecule has 0 saturated carbocycles. The van der Waals surface area contributed by atoms with Crippen molar-refractivity contribution < 1.29 is 0 Å². The molecule has 0 saturated heterocycles. The smallest absolute Gasteiger partial charge is 0.161 e. The number of hydrogen-bond donors (Lipinski definition) is 0. The lowest BCUT2D eigenvalue weighted by molar-refractivity contribution is 1.19. The van der Waals surface area contributed by atoms with Gasteiger partial charge in [-0.3, -0.25) is 0 Å². The van der Waals surface area contributed by atoms with Crippen molar-refractivity contribution in [2.24, 2.45) is 0 Å². The molecule has 12 aromatic rings. The maximum atomic E-state index is 5.39. The van der Waals surface area contributed by atoms with Gasteiger partial charge in [0.25, 0.3) is 0 Å². The van der Waals surface area contributed by atoms with Crippen LogP contribution in [-0.4, -0.2) is 15.0 Å². The van der Waals surface area contributed by atoms with Gasteiger partial charge in [0, 0.05) is 27.6 Å². The molecule has 0 aliphatic heterocycles. The number of aromatic nitrogens is 3. The highest BCUT2D eigenvalue weighted by Gasteiger charge is 2.18. The lowest BCUT2D eigenvalue weighted by Crippen LogP contribution is -1.98. The topological polar surface area (TPSA) is 38.7 Å². The molecule has 288 valence electrons. The predicted octanol–water partition coefficient (Wildman–Crippen LogP) is 15.6. The summed E-state index contributed by atoms with van der Waals surface area (Å²) >= 11 is 0. The van der Waals surface area contributed by atoms with Gasteiger partial charge in [-0.2, -0.15) is 0 Å². The predicted molar refractivity (Wildman–Crippen MR) is 260 cm³/mol. The SMILES string of the molecule is c1ccc(-c2cc(-c3ccc(-c4ccc(-c5cc(-c6cccc7ccccc67)nc(-c6cccc7ccccc67)n5)c5ccccc45)cc3)c3c(ccc4ccccc43)n2)cc1. The number of pyridine rings is 1. The highest BCUT2D eigenvalue weighted by atomic mass is 14.9. The van der Waals surface area contributed by atoms with Gasteiger partial charge in [0.1, 0.15) is 0 Å². The highest BCUT2D eigenvalue weighted by molar-refractivity contribution is 6.14. The van der Waals surface area contributed by atoms with Gasteiger partial charge in [-0.1, -0.05) is 206 Å². The number of fused-ring (bicyclic) bond motifs is 6. The first-order valence-corrected chi connectivity index (χ1v) is 21.1. The van der Waals surface area contributed by atoms with E-state index in [1.807, 2.05) is 0 Å². The summed E-state index contributed by atoms with van der Waals surface area (Å²) in [7, 11) is 0. The Bertz CT molecular complexity index is 3580. The van der Waals surface area contributed by atoms with Crippen LogP contribution in [0.15, 0.2) is 224 Å². The van der Waals surface area contributed by atoms with Crippen LogP contribution in [0.4, 0.5) is 0 Å². The minimum atomic E-state index is 0.706. The van der Waals surface area contributed by atoms with E-state index >= 15 is 0 Å². The van der Waals surface area contributed by atoms with E-state index in [1.165, 1.54) is 38.1 Å². The van der Waals surface area contributed by atoms with Crippen LogP contribution in [0.25, 0.3) is 121 Å². The largest absolute Gasteiger partial charge is 0.248 e. The van der Waals surface area contributed by atoms with Crippen LogP contribution < -0.4 is 0 Å². The van der Waals surface area contributed by atoms with Gasteiger partial charge in [-0.15, -0.1) is 0 Å². The molecule has 0 unspecified atom stereocenters. The highest BCUT2D eigenvalue weighted by Crippen LogP contribution is 2.41. The van der Waals surface area contributed by atoms with E-state index in [2.05, 4.69) is 224 Å². The lowest BCUT2D eigenvalue weighted by Gasteiger charge is -2.16. The van der Waals surface area contributed by atoms with Crippen LogP contribution in [0.1, 0.15) is 0 Å². The van der Waals surface area contributed by atoms with Gasteiger partial charge in [0.15, 0.2) is 5.82 Å². The standard InChI is InChI=1S/C59H37N3/c1-2-17-43(18-3-1)55-36-53(58-47-23-9-6-16-40(47)32-35-54(58)60-55)42-30-28-41(29-31-42)46-33-34-51(49-25-11-10-24-48(46)49)57-37-56(50-26-12-19-38-14-4-7-21-44(38)50)61-59(62-57)52-27-13-20-39-15-5-8-22-45(39)52/h1-37H. The van der Waals surface area contributed by atoms with E-state index < -0.39 is 0 Å². The zero-order chi connectivity index (χ0) is 41.0. The van der Waals surface area contributed by atoms with E-state index in [1.54, 1.807) is 0 Å². The molecule has 0 aliphatic carbocycles. The molecule has 0 atom stereocenters. The van der Waals surface area contributed by atoms with Crippen LogP contribution >= 0.6 is 0 Å². The molecule has 62 heavy (non-hydrogen) atoms. The fourth-order valence-electron chi connectivity index (χ4n) is 9.31. The number of benzene rings is 10. The van der Waals surface area contributed by atoms with Gasteiger partial charge < -0.3 is 0 Å². The van der Waals surface area contributed by atoms with Gasteiger partial charge in [-0.25, -0.2) is 15.0 Å². The van der Waals surface area contributed by atoms with Crippen molar-refractivity contribution in [2.75, 3.05) is 0 Å². The second-order valence-electron chi connectivity index (χ2n) is 15.9. The molecule has 0 N–H and O–H groups in total. The quantitative estimate of drug-likeness (QED) is 0.158. The van der Waals surface area contributed by atoms with Crippen molar-refractivity contribution >= 4 is 54.0 Å². The summed E-state index contributed by atoms with van der Waals surface area (Å²) in [5.74, 6) is 0.706. The van der Waals surface area contributed by atoms with Crippen LogP contribution in [0.2, 0.25) is 0 Å². The third kappa shape index (κ3) is 6.10. The molecule has 2 aromatic heterocycles. The molecule has 2 heterocycles. The van der Waals surface area contributed by atoms with Gasteiger partial charge in [-0.05, 0) is 83.5 Å². The Hall–Kier alpha value is -8.27. The molecule has 3 heteroatoms. The molecular formula is C59H37N3. The second-order valence-corrected chi connectivity index (χ2v) is 15.9. The second kappa shape index (κ2) is 14.8. The first-order chi connectivity index (χ1) is 30.7. The third-order valence-corrected chi connectivity index (χ3v) is 12.3. The minimum Gasteiger partial charge on any atom is -0.248 e. The third-order valence-electron chi connectivity index (χ3n) is 12.3. The average Bonchev–Trinajstić information content (AvgIpc) is 3.35. The molecule has 10 aromatic carbocycles. The van der Waals surface area contributed by atoms with Crippen LogP contribution in [0, 0.1) is 0 Å². The van der Waals surface area contributed by atoms with Crippen molar-refractivity contribution in [1.82, 2.24) is 15.0 Å². The van der Waals surface area contributed by atoms with Crippen molar-refractivity contribution in [3.63, 3.8) is 0 Å². The Balaban J connectivity index is 1.01. The van der Waals surface area contributed by atoms with Crippen molar-refractivity contribution in [2.45, 2.75) is 0 Å². The zero-order valence-corrected chi connectivity index (χ0v) is 33.7. The summed E-state index contributed by atoms with van der Waals surface area (Å²) < 4.78 is 0. The molecule has 12 rings (SSSR count). The summed E-state index contributed by atoms with van der Waals surface area (Å²) in [6, 6.07) is 79.9. The molecule has 0 aliphatic rings. The summed E-state index contributed by atoms with van der Waals surface area (Å²) in [6.45, 7) is 0. The Morgan fingerprint density at radius 3 is 1.40 bits per heavy atom. The maximum Gasteiger partial charge on any atom is 0.161 e. The molecular weight excluding hydrogens is 751 g/mol. The zero-order valence-electron chi connectivity index (χ0n) is 33.7. The molecule has 0 bridgehead atoms. The molecule has 0 fully saturated rings. The Morgan fingerprint density at radius 2 is 0.726 bits per heavy atom. The summed E-state index contributed by atoms with van der Waals surface area (Å²) in [5, 5.41) is 10.5. The average molecular weight is 788 g/mol. The first kappa shape index (κ1) is 35.7. The Morgan fingerprint density at radius 1 is 0.242 bits per heavy atom. The number of hydrogen-bond acceptors (Lipinski definition) is 3. The normalized spacial score (nSPS) is 11.5. The Kier molecular flexibility index (Phi) is 8.50. The maximum absolute atomic E-state index is 5.39. The van der Waals surface area contributed by atoms with Gasteiger partial charge in [0.2, 0.25) is 0 Å². The lowest BCUT2D eigenvalue weighted by atomic mass is 9.91. The minimum absolute atomic E-state index is 0.706. The van der Waals surface area contributed by atoms with Gasteiger partial charge in [0.05, 0.1) is 22.6 Å². The summed E-state index contributed by atoms with van der Waals surface area (Å²) in [4.78, 5) is 15.9. The monoisotopic (exact) mass is 787 g/mol. The van der Waals surface area contributed by atoms with Crippen molar-refractivity contribution in [3.8, 4) is 67.4 Å². The van der Waals surface area contributed by atoms with E-state index in [0.717, 1.165) is 77.5 Å². The molecule has 0 amide bonds. The van der Waals surface area contributed by atoms with E-state index in [9.17, 15) is 0 Å². The fourth-order valence-corrected chi connectivity index (χ4v) is 9.31. The fraction of sp³-hybridized carbons (Fsp3) is 0. The Labute approximate surface area is 359 Å². The number of rotatable bonds is 6. The van der Waals surface area contributed by atoms with E-state index in [-0.39, 0.29) is 0 Å². The van der Waals surface area contributed by atoms with Crippen molar-refractivity contribution in [1.29, 1.82) is 0 Å². The van der Waals surface area contributed by atoms with E-state index in [4.69, 9.17) is 15.0 Å². The van der Waals surface area contributed by atoms with Crippen LogP contribution in [0.3, 0.4) is 0 Å².